The number of benzene rings is 2. The van der Waals surface area contributed by atoms with Crippen LogP contribution in [0.1, 0.15) is 23.2 Å². The number of guanidine groups is 1. The molecule has 6 rings (SSSR count). The van der Waals surface area contributed by atoms with Gasteiger partial charge < -0.3 is 40.9 Å². The predicted molar refractivity (Wildman–Crippen MR) is 165 cm³/mol. The van der Waals surface area contributed by atoms with E-state index < -0.39 is 63.8 Å². The summed E-state index contributed by atoms with van der Waals surface area (Å²) in [7, 11) is 0. The van der Waals surface area contributed by atoms with Gasteiger partial charge in [0.2, 0.25) is 27.4 Å². The number of aliphatic hydroxyl groups is 2. The largest absolute Gasteiger partial charge is 0.506 e. The van der Waals surface area contributed by atoms with E-state index in [1.165, 1.54) is 11.0 Å². The van der Waals surface area contributed by atoms with E-state index in [4.69, 9.17) is 39.5 Å². The molecule has 3 unspecified atom stereocenters. The van der Waals surface area contributed by atoms with Gasteiger partial charge in [0.05, 0.1) is 30.0 Å². The molecular weight excluding hydrogens is 669 g/mol. The molecule has 1 spiro atoms. The van der Waals surface area contributed by atoms with Crippen LogP contribution in [0.4, 0.5) is 4.79 Å². The third-order valence-corrected chi connectivity index (χ3v) is 8.77. The lowest BCUT2D eigenvalue weighted by molar-refractivity contribution is -0.231. The molecule has 4 heterocycles. The summed E-state index contributed by atoms with van der Waals surface area (Å²) in [4.78, 5) is 58.2. The van der Waals surface area contributed by atoms with Crippen molar-refractivity contribution in [3.05, 3.63) is 54.4 Å². The van der Waals surface area contributed by atoms with Crippen molar-refractivity contribution in [1.82, 2.24) is 31.1 Å². The molecule has 2 aromatic rings. The molecule has 0 aromatic heterocycles. The van der Waals surface area contributed by atoms with Crippen LogP contribution in [0.15, 0.2) is 53.8 Å². The Morgan fingerprint density at radius 1 is 1.13 bits per heavy atom. The highest BCUT2D eigenvalue weighted by Crippen LogP contribution is 2.45. The molecule has 4 atom stereocenters. The maximum absolute atomic E-state index is 13.5. The Balaban J connectivity index is 1.36. The third kappa shape index (κ3) is 5.31. The Morgan fingerprint density at radius 2 is 1.83 bits per heavy atom. The van der Waals surface area contributed by atoms with Gasteiger partial charge in [0.1, 0.15) is 18.4 Å². The number of phenolic OH excluding ortho intramolecular Hbond substituents is 1. The quantitative estimate of drug-likeness (QED) is 0.129. The minimum Gasteiger partial charge on any atom is -0.506 e. The van der Waals surface area contributed by atoms with Crippen LogP contribution in [0.25, 0.3) is 10.8 Å². The van der Waals surface area contributed by atoms with Gasteiger partial charge in [-0.3, -0.25) is 24.6 Å². The number of likely N-dealkylation sites (tertiary alicyclic amines) is 1. The number of nitrogens with zero attached hydrogens (tertiary/aromatic N) is 3. The van der Waals surface area contributed by atoms with E-state index in [0.29, 0.717) is 10.8 Å². The normalized spacial score (nSPS) is 26.7. The first-order chi connectivity index (χ1) is 21.6. The van der Waals surface area contributed by atoms with Crippen LogP contribution in [0, 0.1) is 0 Å². The second kappa shape index (κ2) is 11.3. The monoisotopic (exact) mass is 695 g/mol. The van der Waals surface area contributed by atoms with Gasteiger partial charge >= 0.3 is 6.09 Å². The minimum atomic E-state index is -2.84. The average Bonchev–Trinajstić information content (AvgIpc) is 3.58. The van der Waals surface area contributed by atoms with Crippen molar-refractivity contribution in [1.29, 1.82) is 0 Å². The number of hydrogen-bond acceptors (Lipinski definition) is 12. The highest BCUT2D eigenvalue weighted by atomic mass is 35.6. The number of rotatable bonds is 5. The summed E-state index contributed by atoms with van der Waals surface area (Å²) >= 11 is 17.1. The van der Waals surface area contributed by atoms with E-state index in [1.54, 1.807) is 30.3 Å². The van der Waals surface area contributed by atoms with Crippen molar-refractivity contribution in [2.75, 3.05) is 19.7 Å². The fraction of sp³-hybridized carbons (Fsp3) is 0.393. The number of hydrogen-bond donors (Lipinski definition) is 7. The van der Waals surface area contributed by atoms with Crippen LogP contribution in [-0.4, -0.2) is 108 Å². The molecule has 4 aliphatic heterocycles. The molecule has 3 fully saturated rings. The Morgan fingerprint density at radius 3 is 2.52 bits per heavy atom. The van der Waals surface area contributed by atoms with Crippen LogP contribution in [0.3, 0.4) is 0 Å². The molecule has 46 heavy (non-hydrogen) atoms. The number of halogens is 3. The molecule has 0 aliphatic carbocycles. The second-order valence-corrected chi connectivity index (χ2v) is 13.8. The molecule has 4 amide bonds. The highest BCUT2D eigenvalue weighted by molar-refractivity contribution is 6.67. The zero-order valence-corrected chi connectivity index (χ0v) is 26.1. The van der Waals surface area contributed by atoms with Crippen molar-refractivity contribution in [2.24, 2.45) is 4.99 Å². The summed E-state index contributed by atoms with van der Waals surface area (Å²) in [5.74, 6) is -4.99. The zero-order valence-electron chi connectivity index (χ0n) is 23.8. The second-order valence-electron chi connectivity index (χ2n) is 11.3. The number of alkyl carbamates (subject to hydrolysis) is 1. The van der Waals surface area contributed by atoms with Crippen molar-refractivity contribution >= 4 is 75.3 Å². The smallest absolute Gasteiger partial charge is 0.414 e. The summed E-state index contributed by atoms with van der Waals surface area (Å²) in [6.45, 7) is 2.58. The van der Waals surface area contributed by atoms with Gasteiger partial charge in [-0.2, -0.15) is 0 Å². The molecule has 0 bridgehead atoms. The van der Waals surface area contributed by atoms with E-state index in [2.05, 4.69) is 32.8 Å². The molecule has 2 aromatic carbocycles. The zero-order chi connectivity index (χ0) is 33.2. The number of fused-ring (bicyclic) bond motifs is 1. The number of phenols is 1. The van der Waals surface area contributed by atoms with E-state index in [1.807, 2.05) is 0 Å². The van der Waals surface area contributed by atoms with Gasteiger partial charge in [-0.15, -0.1) is 0 Å². The van der Waals surface area contributed by atoms with Gasteiger partial charge in [0.15, 0.2) is 5.66 Å². The Labute approximate surface area is 276 Å². The lowest BCUT2D eigenvalue weighted by atomic mass is 9.85. The molecule has 0 radical (unpaired) electrons. The number of carbonyl (C=O) groups excluding carboxylic acids is 4. The SMILES string of the molecule is C=C1NC2[C@H](CN3C(=O)CCC3=O)N=C(NC(=O)OCC(Cl)(Cl)Cl)N3CC(NC(=O)c4ccc5ccccc5c4O)C(O)(O)C23N1. The highest BCUT2D eigenvalue weighted by Gasteiger charge is 2.74. The van der Waals surface area contributed by atoms with Crippen molar-refractivity contribution < 1.29 is 39.2 Å². The van der Waals surface area contributed by atoms with E-state index in [9.17, 15) is 34.5 Å². The maximum Gasteiger partial charge on any atom is 0.414 e. The first-order valence-electron chi connectivity index (χ1n) is 14.0. The van der Waals surface area contributed by atoms with Crippen molar-refractivity contribution in [3.63, 3.8) is 0 Å². The first-order valence-corrected chi connectivity index (χ1v) is 15.1. The number of imide groups is 1. The number of carbonyl (C=O) groups is 4. The van der Waals surface area contributed by atoms with Crippen LogP contribution in [-0.2, 0) is 14.3 Å². The van der Waals surface area contributed by atoms with Gasteiger partial charge in [0.25, 0.3) is 5.91 Å². The summed E-state index contributed by atoms with van der Waals surface area (Å²) < 4.78 is 3.06. The number of nitrogens with one attached hydrogen (secondary N) is 4. The molecule has 7 N–H and O–H groups in total. The molecule has 18 heteroatoms. The molecule has 3 saturated heterocycles. The number of alkyl halides is 3. The fourth-order valence-corrected chi connectivity index (χ4v) is 6.56. The molecule has 0 saturated carbocycles. The average molecular weight is 697 g/mol. The molecule has 244 valence electrons. The van der Waals surface area contributed by atoms with Crippen LogP contribution < -0.4 is 21.3 Å². The molecular formula is C28H28Cl3N7O8. The lowest BCUT2D eigenvalue weighted by Crippen LogP contribution is -2.78. The number of aliphatic imine (C=N–C) groups is 1. The van der Waals surface area contributed by atoms with Crippen molar-refractivity contribution in [3.8, 4) is 5.75 Å². The minimum absolute atomic E-state index is 0.00368. The van der Waals surface area contributed by atoms with Gasteiger partial charge in [0, 0.05) is 24.8 Å². The number of amides is 4. The third-order valence-electron chi connectivity index (χ3n) is 8.44. The summed E-state index contributed by atoms with van der Waals surface area (Å²) in [5, 5.41) is 46.7. The number of ether oxygens (including phenoxy) is 1. The van der Waals surface area contributed by atoms with Gasteiger partial charge in [-0.1, -0.05) is 71.7 Å². The van der Waals surface area contributed by atoms with Crippen LogP contribution >= 0.6 is 34.8 Å². The predicted octanol–water partition coefficient (Wildman–Crippen LogP) is 0.353. The van der Waals surface area contributed by atoms with E-state index in [0.717, 1.165) is 4.90 Å². The van der Waals surface area contributed by atoms with Crippen LogP contribution in [0.2, 0.25) is 0 Å². The molecule has 15 nitrogen and oxygen atoms in total. The fourth-order valence-electron chi connectivity index (χ4n) is 6.39. The Hall–Kier alpha value is -4.02. The lowest BCUT2D eigenvalue weighted by Gasteiger charge is -2.49. The summed E-state index contributed by atoms with van der Waals surface area (Å²) in [6.07, 6.45) is -1.11. The van der Waals surface area contributed by atoms with Crippen LogP contribution in [0.5, 0.6) is 5.75 Å². The number of aromatic hydroxyl groups is 1. The summed E-state index contributed by atoms with van der Waals surface area (Å²) in [5.41, 5.74) is -2.11. The van der Waals surface area contributed by atoms with Crippen molar-refractivity contribution in [2.45, 2.75) is 46.2 Å². The standard InChI is InChI=1S/C28H28Cl3N7O8/c1-13-32-22-17(10-37-19(39)8-9-20(37)40)33-24(35-25(43)46-12-26(29,30)31)38-11-18(28(44,45)27(22,38)36-13)34-23(42)16-7-6-14-4-2-3-5-15(14)21(16)41/h2-7,17-18,22,32,36,41,44-45H,1,8-12H2,(H,34,42)(H,33,35,43)/t17-,18?,22?,27?/m0/s1. The Bertz CT molecular complexity index is 1680. The maximum atomic E-state index is 13.5. The topological polar surface area (TPSA) is 205 Å². The van der Waals surface area contributed by atoms with Gasteiger partial charge in [-0.25, -0.2) is 9.79 Å². The van der Waals surface area contributed by atoms with Gasteiger partial charge in [-0.05, 0) is 11.5 Å². The Kier molecular flexibility index (Phi) is 7.88. The first kappa shape index (κ1) is 31.9. The van der Waals surface area contributed by atoms with E-state index >= 15 is 0 Å². The van der Waals surface area contributed by atoms with E-state index in [-0.39, 0.29) is 49.0 Å². The summed E-state index contributed by atoms with van der Waals surface area (Å²) in [6, 6.07) is 6.27. The molecule has 4 aliphatic rings.